The fourth-order valence-corrected chi connectivity index (χ4v) is 5.14. The lowest BCUT2D eigenvalue weighted by molar-refractivity contribution is -0.264. The van der Waals surface area contributed by atoms with Gasteiger partial charge < -0.3 is 29.7 Å². The van der Waals surface area contributed by atoms with Crippen molar-refractivity contribution in [3.63, 3.8) is 0 Å². The zero-order valence-electron chi connectivity index (χ0n) is 25.9. The molecule has 240 valence electrons. The molecule has 0 bridgehead atoms. The SMILES string of the molecule is CCOC(=O)c1c(N)[nH]c(=N)c(C(=O)OCC)c1-c1ccc2ccc(-c3c(C(=O)OCC)c([NH3+])[nH]c(=[NH2+])c3C(=O)OCC)cc2c1. The quantitative estimate of drug-likeness (QED) is 0.108. The van der Waals surface area contributed by atoms with Crippen LogP contribution in [0.3, 0.4) is 0 Å². The molecule has 2 aromatic carbocycles. The van der Waals surface area contributed by atoms with Crippen molar-refractivity contribution < 1.29 is 49.3 Å². The Balaban J connectivity index is 2.08. The fourth-order valence-electron chi connectivity index (χ4n) is 5.14. The van der Waals surface area contributed by atoms with Crippen molar-refractivity contribution >= 4 is 46.3 Å². The number of esters is 4. The Bertz CT molecular complexity index is 1860. The van der Waals surface area contributed by atoms with Crippen LogP contribution in [0.4, 0.5) is 11.6 Å². The number of H-pyrrole nitrogens is 2. The molecule has 0 amide bonds. The smallest absolute Gasteiger partial charge is 0.349 e. The van der Waals surface area contributed by atoms with E-state index in [1.165, 1.54) is 0 Å². The summed E-state index contributed by atoms with van der Waals surface area (Å²) in [7, 11) is 0. The second kappa shape index (κ2) is 13.9. The Hall–Kier alpha value is -5.76. The van der Waals surface area contributed by atoms with E-state index in [2.05, 4.69) is 15.7 Å². The predicted octanol–water partition coefficient (Wildman–Crippen LogP) is 1.13. The highest BCUT2D eigenvalue weighted by atomic mass is 16.5. The molecular weight excluding hydrogens is 596 g/mol. The second-order valence-electron chi connectivity index (χ2n) is 9.84. The maximum absolute atomic E-state index is 13.2. The van der Waals surface area contributed by atoms with Gasteiger partial charge in [0.25, 0.3) is 5.49 Å². The van der Waals surface area contributed by atoms with Crippen molar-refractivity contribution in [3.05, 3.63) is 69.6 Å². The molecule has 14 heteroatoms. The maximum Gasteiger partial charge on any atom is 0.349 e. The van der Waals surface area contributed by atoms with Gasteiger partial charge >= 0.3 is 29.7 Å². The van der Waals surface area contributed by atoms with Gasteiger partial charge in [0.2, 0.25) is 0 Å². The molecule has 4 aromatic rings. The van der Waals surface area contributed by atoms with Crippen LogP contribution in [0.5, 0.6) is 0 Å². The van der Waals surface area contributed by atoms with Crippen LogP contribution in [0.25, 0.3) is 33.0 Å². The number of aromatic amines is 2. The zero-order valence-corrected chi connectivity index (χ0v) is 25.9. The third kappa shape index (κ3) is 6.23. The molecule has 0 aliphatic rings. The number of fused-ring (bicyclic) bond motifs is 1. The number of hydrogen-bond acceptors (Lipinski definition) is 10. The number of carbonyl (C=O) groups excluding carboxylic acids is 4. The molecule has 46 heavy (non-hydrogen) atoms. The van der Waals surface area contributed by atoms with Gasteiger partial charge in [0.15, 0.2) is 11.1 Å². The Morgan fingerprint density at radius 3 is 1.63 bits per heavy atom. The van der Waals surface area contributed by atoms with Crippen molar-refractivity contribution in [2.24, 2.45) is 0 Å². The number of anilines is 1. The van der Waals surface area contributed by atoms with Gasteiger partial charge in [0.1, 0.15) is 22.4 Å². The van der Waals surface area contributed by atoms with Crippen LogP contribution in [0, 0.1) is 5.41 Å². The second-order valence-corrected chi connectivity index (χ2v) is 9.84. The first-order valence-corrected chi connectivity index (χ1v) is 14.5. The molecule has 10 N–H and O–H groups in total. The van der Waals surface area contributed by atoms with E-state index in [1.54, 1.807) is 64.1 Å². The molecule has 0 unspecified atom stereocenters. The summed E-state index contributed by atoms with van der Waals surface area (Å²) in [5.41, 5.74) is 10.2. The molecular formula is C32H36N6O8+2. The molecule has 0 aliphatic heterocycles. The molecule has 0 fully saturated rings. The van der Waals surface area contributed by atoms with Crippen LogP contribution in [0.2, 0.25) is 0 Å². The highest BCUT2D eigenvalue weighted by Crippen LogP contribution is 2.35. The monoisotopic (exact) mass is 632 g/mol. The van der Waals surface area contributed by atoms with Crippen LogP contribution >= 0.6 is 0 Å². The number of aromatic nitrogens is 2. The van der Waals surface area contributed by atoms with E-state index in [-0.39, 0.29) is 82.4 Å². The van der Waals surface area contributed by atoms with Gasteiger partial charge in [-0.2, -0.15) is 4.98 Å². The summed E-state index contributed by atoms with van der Waals surface area (Å²) in [4.78, 5) is 57.9. The number of benzene rings is 2. The van der Waals surface area contributed by atoms with Crippen LogP contribution in [-0.4, -0.2) is 60.3 Å². The Morgan fingerprint density at radius 1 is 0.696 bits per heavy atom. The molecule has 0 saturated heterocycles. The van der Waals surface area contributed by atoms with Gasteiger partial charge in [0, 0.05) is 11.1 Å². The summed E-state index contributed by atoms with van der Waals surface area (Å²) >= 11 is 0. The summed E-state index contributed by atoms with van der Waals surface area (Å²) < 4.78 is 21.0. The predicted molar refractivity (Wildman–Crippen MR) is 165 cm³/mol. The molecule has 4 rings (SSSR count). The van der Waals surface area contributed by atoms with Crippen LogP contribution in [-0.2, 0) is 18.9 Å². The highest BCUT2D eigenvalue weighted by molar-refractivity contribution is 6.10. The van der Waals surface area contributed by atoms with E-state index in [4.69, 9.17) is 35.5 Å². The summed E-state index contributed by atoms with van der Waals surface area (Å²) in [6.07, 6.45) is 0. The first kappa shape index (κ1) is 33.1. The Labute approximate surface area is 262 Å². The van der Waals surface area contributed by atoms with Crippen molar-refractivity contribution in [2.45, 2.75) is 27.7 Å². The van der Waals surface area contributed by atoms with Crippen molar-refractivity contribution in [2.75, 3.05) is 32.2 Å². The Kier molecular flexibility index (Phi) is 10.0. The van der Waals surface area contributed by atoms with Crippen LogP contribution < -0.4 is 27.9 Å². The average molecular weight is 633 g/mol. The first-order chi connectivity index (χ1) is 22.0. The molecule has 2 heterocycles. The van der Waals surface area contributed by atoms with E-state index in [0.717, 1.165) is 5.39 Å². The molecule has 0 atom stereocenters. The third-order valence-electron chi connectivity index (χ3n) is 6.97. The standard InChI is InChI=1S/C32H34N6O8/c1-5-43-29(39)21-19(22(30(40)44-6-2)26(34)37-25(21)33)16-11-9-15-10-12-17(14-18(15)13-16)20-23(31(41)45-7-3)27(35)38-28(36)24(20)32(42)46-8-4/h9-14H,5-8H2,1-4H3,(H4,33,34,37)(H4,35,36,38)/p+2. The number of carbonyl (C=O) groups is 4. The van der Waals surface area contributed by atoms with Gasteiger partial charge in [-0.05, 0) is 61.7 Å². The fraction of sp³-hybridized carbons (Fsp3) is 0.250. The molecule has 0 saturated carbocycles. The minimum absolute atomic E-state index is 0.00554. The largest absolute Gasteiger partial charge is 0.462 e. The minimum Gasteiger partial charge on any atom is -0.462 e. The van der Waals surface area contributed by atoms with Gasteiger partial charge in [-0.15, -0.1) is 0 Å². The summed E-state index contributed by atoms with van der Waals surface area (Å²) in [5, 5.41) is 16.0. The summed E-state index contributed by atoms with van der Waals surface area (Å²) in [6, 6.07) is 10.2. The lowest BCUT2D eigenvalue weighted by Crippen LogP contribution is -2.55. The minimum atomic E-state index is -0.838. The number of rotatable bonds is 10. The van der Waals surface area contributed by atoms with Gasteiger partial charge in [-0.25, -0.2) is 19.2 Å². The highest BCUT2D eigenvalue weighted by Gasteiger charge is 2.32. The lowest BCUT2D eigenvalue weighted by Gasteiger charge is -2.17. The third-order valence-corrected chi connectivity index (χ3v) is 6.97. The first-order valence-electron chi connectivity index (χ1n) is 14.5. The molecule has 0 aliphatic carbocycles. The lowest BCUT2D eigenvalue weighted by atomic mass is 9.91. The zero-order chi connectivity index (χ0) is 33.7. The van der Waals surface area contributed by atoms with E-state index >= 15 is 0 Å². The Morgan fingerprint density at radius 2 is 1.13 bits per heavy atom. The maximum atomic E-state index is 13.2. The number of quaternary nitrogens is 1. The van der Waals surface area contributed by atoms with Crippen molar-refractivity contribution in [3.8, 4) is 22.3 Å². The summed E-state index contributed by atoms with van der Waals surface area (Å²) in [5.74, 6) is -3.17. The number of ether oxygens (including phenoxy) is 4. The molecule has 2 aromatic heterocycles. The molecule has 14 nitrogen and oxygen atoms in total. The van der Waals surface area contributed by atoms with Crippen LogP contribution in [0.15, 0.2) is 36.4 Å². The van der Waals surface area contributed by atoms with Crippen LogP contribution in [0.1, 0.15) is 69.1 Å². The molecule has 0 spiro atoms. The number of nitrogens with one attached hydrogen (secondary N) is 3. The number of pyridine rings is 2. The van der Waals surface area contributed by atoms with Gasteiger partial charge in [0.05, 0.1) is 26.4 Å². The van der Waals surface area contributed by atoms with E-state index < -0.39 is 23.9 Å². The van der Waals surface area contributed by atoms with E-state index in [1.807, 2.05) is 0 Å². The van der Waals surface area contributed by atoms with E-state index in [9.17, 15) is 19.2 Å². The van der Waals surface area contributed by atoms with Gasteiger partial charge in [-0.3, -0.25) is 16.6 Å². The van der Waals surface area contributed by atoms with Crippen molar-refractivity contribution in [1.82, 2.24) is 9.97 Å². The summed E-state index contributed by atoms with van der Waals surface area (Å²) in [6.45, 7) is 6.72. The average Bonchev–Trinajstić information content (AvgIpc) is 3.00. The van der Waals surface area contributed by atoms with E-state index in [0.29, 0.717) is 16.5 Å². The molecule has 0 radical (unpaired) electrons. The number of hydrogen-bond donors (Lipinski definition) is 6. The van der Waals surface area contributed by atoms with Crippen molar-refractivity contribution in [1.29, 1.82) is 5.41 Å². The number of nitrogen functional groups attached to an aromatic ring is 1. The number of nitrogens with two attached hydrogens (primary N) is 2. The van der Waals surface area contributed by atoms with Gasteiger partial charge in [-0.1, -0.05) is 24.3 Å². The topological polar surface area (TPSA) is 240 Å². The normalized spacial score (nSPS) is 10.8.